The molecule has 3 aromatic rings. The molecule has 0 saturated carbocycles. The molecule has 27 heavy (non-hydrogen) atoms. The van der Waals surface area contributed by atoms with E-state index in [1.165, 1.54) is 0 Å². The molecule has 3 rings (SSSR count). The van der Waals surface area contributed by atoms with Gasteiger partial charge in [-0.3, -0.25) is 19.8 Å². The molecule has 2 heterocycles. The molecule has 0 bridgehead atoms. The molecule has 0 aliphatic heterocycles. The maximum atomic E-state index is 12.6. The largest absolute Gasteiger partial charge is 0.490 e. The van der Waals surface area contributed by atoms with E-state index >= 15 is 0 Å². The number of aryl methyl sites for hydroxylation is 2. The smallest absolute Gasteiger partial charge is 0.268 e. The summed E-state index contributed by atoms with van der Waals surface area (Å²) in [6.07, 6.45) is -0.0470. The third kappa shape index (κ3) is 3.89. The van der Waals surface area contributed by atoms with Gasteiger partial charge in [-0.25, -0.2) is 0 Å². The van der Waals surface area contributed by atoms with E-state index in [9.17, 15) is 9.59 Å². The van der Waals surface area contributed by atoms with E-state index in [4.69, 9.17) is 4.74 Å². The van der Waals surface area contributed by atoms with Crippen LogP contribution >= 0.6 is 45.2 Å². The van der Waals surface area contributed by atoms with Crippen LogP contribution in [0, 0.1) is 21.0 Å². The van der Waals surface area contributed by atoms with Gasteiger partial charge in [-0.15, -0.1) is 0 Å². The molecule has 4 N–H and O–H groups in total. The second-order valence-corrected chi connectivity index (χ2v) is 9.05. The second-order valence-electron chi connectivity index (χ2n) is 6.64. The van der Waals surface area contributed by atoms with Crippen LogP contribution in [-0.2, 0) is 0 Å². The van der Waals surface area contributed by atoms with Crippen molar-refractivity contribution >= 4 is 45.2 Å². The minimum Gasteiger partial charge on any atom is -0.490 e. The van der Waals surface area contributed by atoms with E-state index in [0.717, 1.165) is 12.7 Å². The predicted molar refractivity (Wildman–Crippen MR) is 121 cm³/mol. The first-order valence-corrected chi connectivity index (χ1v) is 10.6. The lowest BCUT2D eigenvalue weighted by atomic mass is 9.85. The van der Waals surface area contributed by atoms with Crippen LogP contribution in [-0.4, -0.2) is 26.5 Å². The van der Waals surface area contributed by atoms with Gasteiger partial charge in [0.15, 0.2) is 0 Å². The van der Waals surface area contributed by atoms with Crippen LogP contribution in [0.3, 0.4) is 0 Å². The Bertz CT molecular complexity index is 1040. The number of rotatable bonds is 5. The highest BCUT2D eigenvalue weighted by molar-refractivity contribution is 14.1. The van der Waals surface area contributed by atoms with Crippen molar-refractivity contribution in [2.75, 3.05) is 0 Å². The SMILES string of the molecule is Cc1[nH][nH]c(=O)c1C(c1cc(I)cc(I)c1OC(C)C)c1c(C)[nH][nH]c1=O. The van der Waals surface area contributed by atoms with Crippen LogP contribution in [0.2, 0.25) is 0 Å². The van der Waals surface area contributed by atoms with Crippen LogP contribution < -0.4 is 15.9 Å². The van der Waals surface area contributed by atoms with Crippen LogP contribution in [0.1, 0.15) is 47.8 Å². The summed E-state index contributed by atoms with van der Waals surface area (Å²) < 4.78 is 8.05. The van der Waals surface area contributed by atoms with Gasteiger partial charge in [0.05, 0.1) is 26.7 Å². The number of aromatic amines is 4. The first kappa shape index (κ1) is 20.2. The van der Waals surface area contributed by atoms with Gasteiger partial charge in [0.1, 0.15) is 5.75 Å². The summed E-state index contributed by atoms with van der Waals surface area (Å²) >= 11 is 4.47. The third-order valence-electron chi connectivity index (χ3n) is 4.30. The number of aromatic nitrogens is 4. The molecule has 0 aliphatic carbocycles. The Kier molecular flexibility index (Phi) is 5.89. The number of benzene rings is 1. The minimum absolute atomic E-state index is 0.0470. The van der Waals surface area contributed by atoms with E-state index in [1.54, 1.807) is 0 Å². The van der Waals surface area contributed by atoms with Crippen molar-refractivity contribution < 1.29 is 4.74 Å². The standard InChI is InChI=1S/C18H20I2N4O3/c1-7(2)27-16-11(5-10(19)6-12(16)20)15(13-8(3)21-23-17(13)25)14-9(4)22-24-18(14)26/h5-7,15H,1-4H3,(H2,21,23,25)(H2,22,24,26). The Labute approximate surface area is 182 Å². The van der Waals surface area contributed by atoms with Gasteiger partial charge in [0, 0.05) is 20.5 Å². The number of nitrogens with one attached hydrogen (secondary N) is 4. The van der Waals surface area contributed by atoms with E-state index in [0.29, 0.717) is 28.3 Å². The zero-order valence-corrected chi connectivity index (χ0v) is 19.6. The van der Waals surface area contributed by atoms with Gasteiger partial charge in [-0.1, -0.05) is 0 Å². The van der Waals surface area contributed by atoms with Gasteiger partial charge >= 0.3 is 0 Å². The first-order chi connectivity index (χ1) is 12.7. The molecule has 2 aromatic heterocycles. The fourth-order valence-corrected chi connectivity index (χ4v) is 5.23. The van der Waals surface area contributed by atoms with Crippen LogP contribution in [0.4, 0.5) is 0 Å². The number of ether oxygens (including phenoxy) is 1. The highest BCUT2D eigenvalue weighted by Gasteiger charge is 2.31. The van der Waals surface area contributed by atoms with Gasteiger partial charge in [-0.2, -0.15) is 0 Å². The average Bonchev–Trinajstić information content (AvgIpc) is 3.07. The number of hydrogen-bond acceptors (Lipinski definition) is 3. The average molecular weight is 594 g/mol. The topological polar surface area (TPSA) is 107 Å². The van der Waals surface area contributed by atoms with Gasteiger partial charge < -0.3 is 14.9 Å². The summed E-state index contributed by atoms with van der Waals surface area (Å²) in [4.78, 5) is 25.2. The van der Waals surface area contributed by atoms with Gasteiger partial charge in [0.25, 0.3) is 11.1 Å². The van der Waals surface area contributed by atoms with E-state index in [1.807, 2.05) is 39.8 Å². The molecule has 0 saturated heterocycles. The van der Waals surface area contributed by atoms with Crippen molar-refractivity contribution in [3.8, 4) is 5.75 Å². The summed E-state index contributed by atoms with van der Waals surface area (Å²) in [5.74, 6) is 0.128. The Hall–Kier alpha value is -1.50. The van der Waals surface area contributed by atoms with Crippen molar-refractivity contribution in [1.29, 1.82) is 0 Å². The normalized spacial score (nSPS) is 11.6. The van der Waals surface area contributed by atoms with Gasteiger partial charge in [-0.05, 0) is 85.0 Å². The molecule has 0 unspecified atom stereocenters. The van der Waals surface area contributed by atoms with Crippen molar-refractivity contribution in [2.24, 2.45) is 0 Å². The van der Waals surface area contributed by atoms with Crippen LogP contribution in [0.5, 0.6) is 5.75 Å². The summed E-state index contributed by atoms with van der Waals surface area (Å²) in [7, 11) is 0. The van der Waals surface area contributed by atoms with E-state index < -0.39 is 5.92 Å². The maximum Gasteiger partial charge on any atom is 0.268 e. The third-order valence-corrected chi connectivity index (χ3v) is 5.73. The molecule has 0 fully saturated rings. The minimum atomic E-state index is -0.563. The fourth-order valence-electron chi connectivity index (χ4n) is 3.22. The monoisotopic (exact) mass is 594 g/mol. The summed E-state index contributed by atoms with van der Waals surface area (Å²) in [5.41, 5.74) is 2.69. The van der Waals surface area contributed by atoms with Crippen molar-refractivity contribution in [3.63, 3.8) is 0 Å². The van der Waals surface area contributed by atoms with E-state index in [-0.39, 0.29) is 17.2 Å². The maximum absolute atomic E-state index is 12.6. The predicted octanol–water partition coefficient (Wildman–Crippen LogP) is 3.51. The van der Waals surface area contributed by atoms with Crippen molar-refractivity contribution in [2.45, 2.75) is 39.7 Å². The number of halogens is 2. The number of hydrogen-bond donors (Lipinski definition) is 4. The fraction of sp³-hybridized carbons (Fsp3) is 0.333. The molecule has 0 atom stereocenters. The Morgan fingerprint density at radius 2 is 1.41 bits per heavy atom. The zero-order chi connectivity index (χ0) is 19.9. The Balaban J connectivity index is 2.40. The van der Waals surface area contributed by atoms with E-state index in [2.05, 4.69) is 65.6 Å². The summed E-state index contributed by atoms with van der Waals surface area (Å²) in [6, 6.07) is 3.99. The molecular formula is C18H20I2N4O3. The van der Waals surface area contributed by atoms with Crippen LogP contribution in [0.15, 0.2) is 21.7 Å². The molecule has 0 radical (unpaired) electrons. The van der Waals surface area contributed by atoms with Gasteiger partial charge in [0.2, 0.25) is 0 Å². The Morgan fingerprint density at radius 1 is 0.889 bits per heavy atom. The first-order valence-electron chi connectivity index (χ1n) is 8.40. The summed E-state index contributed by atoms with van der Waals surface area (Å²) in [6.45, 7) is 7.54. The number of H-pyrrole nitrogens is 4. The molecular weight excluding hydrogens is 574 g/mol. The molecule has 0 aliphatic rings. The quantitative estimate of drug-likeness (QED) is 0.340. The molecule has 7 nitrogen and oxygen atoms in total. The Morgan fingerprint density at radius 3 is 1.81 bits per heavy atom. The second kappa shape index (κ2) is 7.86. The van der Waals surface area contributed by atoms with Crippen molar-refractivity contribution in [1.82, 2.24) is 20.4 Å². The summed E-state index contributed by atoms with van der Waals surface area (Å²) in [5, 5.41) is 11.0. The lowest BCUT2D eigenvalue weighted by Gasteiger charge is -2.22. The highest BCUT2D eigenvalue weighted by atomic mass is 127. The molecule has 0 amide bonds. The lowest BCUT2D eigenvalue weighted by molar-refractivity contribution is 0.238. The molecule has 144 valence electrons. The lowest BCUT2D eigenvalue weighted by Crippen LogP contribution is -2.22. The molecule has 1 aromatic carbocycles. The van der Waals surface area contributed by atoms with Crippen molar-refractivity contribution in [3.05, 3.63) is 68.1 Å². The van der Waals surface area contributed by atoms with Crippen LogP contribution in [0.25, 0.3) is 0 Å². The molecule has 9 heteroatoms. The highest BCUT2D eigenvalue weighted by Crippen LogP contribution is 2.40. The molecule has 0 spiro atoms. The zero-order valence-electron chi connectivity index (χ0n) is 15.3.